The molecule has 0 aliphatic carbocycles. The third kappa shape index (κ3) is 3.83. The Labute approximate surface area is 138 Å². The highest BCUT2D eigenvalue weighted by molar-refractivity contribution is 9.10. The second-order valence-corrected chi connectivity index (χ2v) is 6.35. The molecule has 0 atom stereocenters. The van der Waals surface area contributed by atoms with E-state index in [4.69, 9.17) is 22.1 Å². The SMILES string of the molecule is Cc1cc(Br)c(Nc2cccc(OC(C)C)c2N)cc1Cl. The molecule has 3 nitrogen and oxygen atoms in total. The molecule has 0 saturated carbocycles. The maximum Gasteiger partial charge on any atom is 0.144 e. The van der Waals surface area contributed by atoms with Crippen LogP contribution in [0.5, 0.6) is 5.75 Å². The Kier molecular flexibility index (Phi) is 5.01. The molecular formula is C16H18BrClN2O. The van der Waals surface area contributed by atoms with Crippen molar-refractivity contribution >= 4 is 44.6 Å². The molecule has 3 N–H and O–H groups in total. The van der Waals surface area contributed by atoms with Crippen LogP contribution in [0.2, 0.25) is 5.02 Å². The summed E-state index contributed by atoms with van der Waals surface area (Å²) in [4.78, 5) is 0. The molecule has 5 heteroatoms. The minimum Gasteiger partial charge on any atom is -0.489 e. The smallest absolute Gasteiger partial charge is 0.144 e. The fraction of sp³-hybridized carbons (Fsp3) is 0.250. The molecule has 0 unspecified atom stereocenters. The van der Waals surface area contributed by atoms with Gasteiger partial charge in [-0.15, -0.1) is 0 Å². The van der Waals surface area contributed by atoms with E-state index in [1.165, 1.54) is 0 Å². The van der Waals surface area contributed by atoms with Crippen molar-refractivity contribution in [2.75, 3.05) is 11.1 Å². The molecule has 0 aliphatic rings. The summed E-state index contributed by atoms with van der Waals surface area (Å²) in [6.45, 7) is 5.90. The highest BCUT2D eigenvalue weighted by atomic mass is 79.9. The molecule has 0 fully saturated rings. The van der Waals surface area contributed by atoms with E-state index >= 15 is 0 Å². The van der Waals surface area contributed by atoms with Crippen molar-refractivity contribution in [1.82, 2.24) is 0 Å². The van der Waals surface area contributed by atoms with Crippen molar-refractivity contribution in [3.8, 4) is 5.75 Å². The third-order valence-electron chi connectivity index (χ3n) is 2.95. The Balaban J connectivity index is 2.34. The van der Waals surface area contributed by atoms with E-state index in [1.54, 1.807) is 0 Å². The van der Waals surface area contributed by atoms with Crippen LogP contribution >= 0.6 is 27.5 Å². The van der Waals surface area contributed by atoms with Crippen molar-refractivity contribution in [1.29, 1.82) is 0 Å². The zero-order valence-corrected chi connectivity index (χ0v) is 14.5. The Hall–Kier alpha value is -1.39. The molecule has 0 bridgehead atoms. The summed E-state index contributed by atoms with van der Waals surface area (Å²) < 4.78 is 6.62. The third-order valence-corrected chi connectivity index (χ3v) is 4.01. The van der Waals surface area contributed by atoms with Crippen molar-refractivity contribution in [2.45, 2.75) is 26.9 Å². The van der Waals surface area contributed by atoms with Gasteiger partial charge in [-0.1, -0.05) is 17.7 Å². The molecule has 2 aromatic rings. The van der Waals surface area contributed by atoms with Crippen LogP contribution in [-0.2, 0) is 0 Å². The van der Waals surface area contributed by atoms with Gasteiger partial charge in [0, 0.05) is 9.50 Å². The molecule has 0 saturated heterocycles. The zero-order valence-electron chi connectivity index (χ0n) is 12.2. The van der Waals surface area contributed by atoms with Gasteiger partial charge in [-0.05, 0) is 66.5 Å². The number of aryl methyl sites for hydroxylation is 1. The van der Waals surface area contributed by atoms with E-state index in [-0.39, 0.29) is 6.10 Å². The lowest BCUT2D eigenvalue weighted by Crippen LogP contribution is -2.08. The molecule has 0 aromatic heterocycles. The molecule has 0 amide bonds. The van der Waals surface area contributed by atoms with Crippen molar-refractivity contribution in [2.24, 2.45) is 0 Å². The average molecular weight is 370 g/mol. The van der Waals surface area contributed by atoms with Crippen LogP contribution in [0, 0.1) is 6.92 Å². The van der Waals surface area contributed by atoms with Crippen molar-refractivity contribution in [3.63, 3.8) is 0 Å². The van der Waals surface area contributed by atoms with Gasteiger partial charge in [-0.3, -0.25) is 0 Å². The summed E-state index contributed by atoms with van der Waals surface area (Å²) in [6.07, 6.45) is 0.0723. The highest BCUT2D eigenvalue weighted by Gasteiger charge is 2.10. The summed E-state index contributed by atoms with van der Waals surface area (Å²) in [6, 6.07) is 9.51. The van der Waals surface area contributed by atoms with Crippen LogP contribution in [0.15, 0.2) is 34.8 Å². The van der Waals surface area contributed by atoms with Crippen LogP contribution in [-0.4, -0.2) is 6.10 Å². The molecular weight excluding hydrogens is 352 g/mol. The fourth-order valence-corrected chi connectivity index (χ4v) is 2.62. The van der Waals surface area contributed by atoms with E-state index in [0.717, 1.165) is 21.4 Å². The minimum absolute atomic E-state index is 0.0723. The molecule has 0 aliphatic heterocycles. The van der Waals surface area contributed by atoms with Gasteiger partial charge < -0.3 is 15.8 Å². The number of nitrogen functional groups attached to an aromatic ring is 1. The number of nitrogens with one attached hydrogen (secondary N) is 1. The zero-order chi connectivity index (χ0) is 15.6. The molecule has 2 rings (SSSR count). The number of ether oxygens (including phenoxy) is 1. The van der Waals surface area contributed by atoms with Crippen LogP contribution < -0.4 is 15.8 Å². The second-order valence-electron chi connectivity index (χ2n) is 5.09. The molecule has 2 aromatic carbocycles. The number of halogens is 2. The maximum atomic E-state index is 6.18. The summed E-state index contributed by atoms with van der Waals surface area (Å²) in [5, 5.41) is 3.99. The average Bonchev–Trinajstić information content (AvgIpc) is 2.40. The number of anilines is 3. The lowest BCUT2D eigenvalue weighted by atomic mass is 10.2. The van der Waals surface area contributed by atoms with Gasteiger partial charge in [0.15, 0.2) is 0 Å². The first-order chi connectivity index (χ1) is 9.88. The van der Waals surface area contributed by atoms with E-state index < -0.39 is 0 Å². The molecule has 112 valence electrons. The number of para-hydroxylation sites is 1. The lowest BCUT2D eigenvalue weighted by molar-refractivity contribution is 0.244. The number of nitrogens with two attached hydrogens (primary N) is 1. The molecule has 0 spiro atoms. The predicted molar refractivity (Wildman–Crippen MR) is 93.8 cm³/mol. The topological polar surface area (TPSA) is 47.3 Å². The number of rotatable bonds is 4. The van der Waals surface area contributed by atoms with Crippen LogP contribution in [0.3, 0.4) is 0 Å². The van der Waals surface area contributed by atoms with Gasteiger partial charge in [0.05, 0.1) is 23.2 Å². The maximum absolute atomic E-state index is 6.18. The molecule has 21 heavy (non-hydrogen) atoms. The Morgan fingerprint density at radius 2 is 1.95 bits per heavy atom. The molecule has 0 heterocycles. The Morgan fingerprint density at radius 3 is 2.62 bits per heavy atom. The monoisotopic (exact) mass is 368 g/mol. The van der Waals surface area contributed by atoms with Crippen LogP contribution in [0.4, 0.5) is 17.1 Å². The van der Waals surface area contributed by atoms with Crippen LogP contribution in [0.25, 0.3) is 0 Å². The Morgan fingerprint density at radius 1 is 1.24 bits per heavy atom. The Bertz CT molecular complexity index is 659. The van der Waals surface area contributed by atoms with Gasteiger partial charge >= 0.3 is 0 Å². The van der Waals surface area contributed by atoms with E-state index in [0.29, 0.717) is 16.5 Å². The predicted octanol–water partition coefficient (Wildman–Crippen LogP) is 5.52. The van der Waals surface area contributed by atoms with Crippen LogP contribution in [0.1, 0.15) is 19.4 Å². The largest absolute Gasteiger partial charge is 0.489 e. The van der Waals surface area contributed by atoms with E-state index in [9.17, 15) is 0 Å². The summed E-state index contributed by atoms with van der Waals surface area (Å²) in [5.74, 6) is 0.671. The molecule has 0 radical (unpaired) electrons. The van der Waals surface area contributed by atoms with Crippen molar-refractivity contribution < 1.29 is 4.74 Å². The summed E-state index contributed by atoms with van der Waals surface area (Å²) in [7, 11) is 0. The van der Waals surface area contributed by atoms with Gasteiger partial charge in [0.1, 0.15) is 5.75 Å². The first-order valence-corrected chi connectivity index (χ1v) is 7.83. The van der Waals surface area contributed by atoms with Gasteiger partial charge in [0.25, 0.3) is 0 Å². The van der Waals surface area contributed by atoms with Crippen molar-refractivity contribution in [3.05, 3.63) is 45.4 Å². The van der Waals surface area contributed by atoms with Gasteiger partial charge in [-0.2, -0.15) is 0 Å². The first kappa shape index (κ1) is 16.0. The van der Waals surface area contributed by atoms with Gasteiger partial charge in [-0.25, -0.2) is 0 Å². The normalized spacial score (nSPS) is 10.8. The number of benzene rings is 2. The first-order valence-electron chi connectivity index (χ1n) is 6.66. The highest BCUT2D eigenvalue weighted by Crippen LogP contribution is 2.36. The summed E-state index contributed by atoms with van der Waals surface area (Å²) >= 11 is 9.70. The number of hydrogen-bond donors (Lipinski definition) is 2. The quantitative estimate of drug-likeness (QED) is 0.697. The lowest BCUT2D eigenvalue weighted by Gasteiger charge is -2.17. The number of hydrogen-bond acceptors (Lipinski definition) is 3. The second kappa shape index (κ2) is 6.58. The fourth-order valence-electron chi connectivity index (χ4n) is 1.90. The minimum atomic E-state index is 0.0723. The van der Waals surface area contributed by atoms with E-state index in [2.05, 4.69) is 21.2 Å². The van der Waals surface area contributed by atoms with E-state index in [1.807, 2.05) is 51.1 Å². The van der Waals surface area contributed by atoms with Gasteiger partial charge in [0.2, 0.25) is 0 Å². The standard InChI is InChI=1S/C16H18BrClN2O/c1-9(2)21-15-6-4-5-13(16(15)19)20-14-8-12(18)10(3)7-11(14)17/h4-9,20H,19H2,1-3H3. The summed E-state index contributed by atoms with van der Waals surface area (Å²) in [5.41, 5.74) is 9.40.